The molecule has 2 atom stereocenters. The van der Waals surface area contributed by atoms with Gasteiger partial charge >= 0.3 is 12.4 Å². The van der Waals surface area contributed by atoms with Crippen LogP contribution in [0.3, 0.4) is 0 Å². The monoisotopic (exact) mass is 1170 g/mol. The molecular formula is C58H54F10N12O4. The zero-order valence-electron chi connectivity index (χ0n) is 45.3. The van der Waals surface area contributed by atoms with Crippen LogP contribution in [0, 0.1) is 34.5 Å². The normalized spacial score (nSPS) is 21.6. The van der Waals surface area contributed by atoms with Crippen LogP contribution in [0.1, 0.15) is 89.7 Å². The molecule has 4 fully saturated rings. The summed E-state index contributed by atoms with van der Waals surface area (Å²) >= 11 is 0. The summed E-state index contributed by atoms with van der Waals surface area (Å²) < 4.78 is 156. The van der Waals surface area contributed by atoms with Crippen LogP contribution >= 0.6 is 0 Å². The maximum atomic E-state index is 14.3. The lowest BCUT2D eigenvalue weighted by Crippen LogP contribution is -2.49. The summed E-state index contributed by atoms with van der Waals surface area (Å²) in [5.74, 6) is -9.02. The summed E-state index contributed by atoms with van der Waals surface area (Å²) in [6.45, 7) is 0.328. The molecule has 6 aliphatic rings. The van der Waals surface area contributed by atoms with Gasteiger partial charge in [0, 0.05) is 112 Å². The van der Waals surface area contributed by atoms with E-state index in [0.29, 0.717) is 50.6 Å². The molecule has 440 valence electrons. The molecule has 0 unspecified atom stereocenters. The predicted octanol–water partition coefficient (Wildman–Crippen LogP) is 8.97. The third-order valence-electron chi connectivity index (χ3n) is 17.0. The highest BCUT2D eigenvalue weighted by atomic mass is 19.4. The Morgan fingerprint density at radius 2 is 0.988 bits per heavy atom. The minimum absolute atomic E-state index is 0.0647. The number of amides is 2. The number of nitriles is 2. The van der Waals surface area contributed by atoms with E-state index in [1.807, 2.05) is 47.5 Å². The molecule has 4 aromatic carbocycles. The fourth-order valence-corrected chi connectivity index (χ4v) is 12.0. The lowest BCUT2D eigenvalue weighted by molar-refractivity contribution is -0.139. The minimum Gasteiger partial charge on any atom is -0.379 e. The molecule has 0 radical (unpaired) electrons. The Morgan fingerprint density at radius 3 is 1.31 bits per heavy atom. The molecule has 84 heavy (non-hydrogen) atoms. The number of aryl methyl sites for hydroxylation is 2. The summed E-state index contributed by atoms with van der Waals surface area (Å²) in [6, 6.07) is 22.4. The number of fused-ring (bicyclic) bond motifs is 2. The Labute approximate surface area is 474 Å². The number of anilines is 2. The van der Waals surface area contributed by atoms with Gasteiger partial charge in [-0.2, -0.15) is 36.9 Å². The third kappa shape index (κ3) is 11.0. The third-order valence-corrected chi connectivity index (χ3v) is 17.0. The van der Waals surface area contributed by atoms with E-state index in [4.69, 9.17) is 20.0 Å². The molecule has 8 heterocycles. The van der Waals surface area contributed by atoms with Crippen molar-refractivity contribution in [2.24, 2.45) is 25.9 Å². The zero-order valence-corrected chi connectivity index (χ0v) is 45.3. The van der Waals surface area contributed by atoms with Gasteiger partial charge in [0.2, 0.25) is 0 Å². The molecule has 0 spiro atoms. The van der Waals surface area contributed by atoms with E-state index in [-0.39, 0.29) is 85.7 Å². The lowest BCUT2D eigenvalue weighted by atomic mass is 9.75. The summed E-state index contributed by atoms with van der Waals surface area (Å²) in [7, 11) is 3.68. The van der Waals surface area contributed by atoms with Gasteiger partial charge in [-0.1, -0.05) is 24.3 Å². The van der Waals surface area contributed by atoms with Crippen LogP contribution in [0.4, 0.5) is 55.3 Å². The quantitative estimate of drug-likeness (QED) is 0.107. The van der Waals surface area contributed by atoms with Gasteiger partial charge in [-0.3, -0.25) is 19.4 Å². The first-order valence-electron chi connectivity index (χ1n) is 26.9. The second kappa shape index (κ2) is 21.7. The molecular weight excluding hydrogens is 1120 g/mol. The number of benzene rings is 4. The number of halogens is 10. The van der Waals surface area contributed by atoms with Crippen molar-refractivity contribution in [2.75, 3.05) is 62.4 Å². The van der Waals surface area contributed by atoms with Crippen LogP contribution in [0.5, 0.6) is 0 Å². The highest BCUT2D eigenvalue weighted by Gasteiger charge is 2.49. The van der Waals surface area contributed by atoms with E-state index in [9.17, 15) is 53.5 Å². The molecule has 0 N–H and O–H groups in total. The standard InChI is InChI=1S/2C29H27F5N6O2/c2*1-38-17-36-37-25(38)10-27(15-42-16-27)19-3-2-4-21(9-19)40-14-23-22(26(40)41)7-18(8-24(23)29(32,33)34)12-39-6-5-28(30,31)20(11-35)13-39/h2*2-4,7-9,17,20H,5-6,10,12-16H2,1H3/t2*20-/m10/s1. The van der Waals surface area contributed by atoms with Crippen molar-refractivity contribution >= 4 is 23.2 Å². The van der Waals surface area contributed by atoms with Crippen molar-refractivity contribution in [1.29, 1.82) is 10.5 Å². The highest BCUT2D eigenvalue weighted by molar-refractivity contribution is 6.11. The van der Waals surface area contributed by atoms with Crippen LogP contribution in [-0.4, -0.2) is 116 Å². The SMILES string of the molecule is Cn1cnnc1CC1(c2cccc(N3Cc4c(cc(CN5CCC(F)(F)[C@@H](C#N)C5)cc4C(F)(F)F)C3=O)c2)COC1.Cn1cnnc1CC1(c2cccc(N3Cc4c(cc(CN5CCC(F)(F)[C@H](C#N)C5)cc4C(F)(F)F)C3=O)c2)COC1. The Balaban J connectivity index is 0.000000175. The van der Waals surface area contributed by atoms with E-state index in [0.717, 1.165) is 34.9 Å². The van der Waals surface area contributed by atoms with Gasteiger partial charge < -0.3 is 28.4 Å². The first kappa shape index (κ1) is 58.0. The number of rotatable bonds is 12. The van der Waals surface area contributed by atoms with E-state index < -0.39 is 82.6 Å². The molecule has 0 aliphatic carbocycles. The summed E-state index contributed by atoms with van der Waals surface area (Å²) in [4.78, 5) is 32.9. The summed E-state index contributed by atoms with van der Waals surface area (Å²) in [5, 5.41) is 34.5. The fourth-order valence-electron chi connectivity index (χ4n) is 12.0. The number of alkyl halides is 10. The summed E-state index contributed by atoms with van der Waals surface area (Å²) in [6.07, 6.45) is -6.29. The van der Waals surface area contributed by atoms with Crippen LogP contribution in [0.2, 0.25) is 0 Å². The van der Waals surface area contributed by atoms with Gasteiger partial charge in [-0.05, 0) is 81.9 Å². The van der Waals surface area contributed by atoms with Crippen molar-refractivity contribution in [3.8, 4) is 12.1 Å². The van der Waals surface area contributed by atoms with Gasteiger partial charge in [-0.25, -0.2) is 17.6 Å². The average Bonchev–Trinajstić information content (AvgIpc) is 3.35. The number of hydrogen-bond donors (Lipinski definition) is 0. The lowest BCUT2D eigenvalue weighted by Gasteiger charge is -2.42. The predicted molar refractivity (Wildman–Crippen MR) is 279 cm³/mol. The number of ether oxygens (including phenoxy) is 2. The zero-order chi connectivity index (χ0) is 59.7. The van der Waals surface area contributed by atoms with Gasteiger partial charge in [-0.15, -0.1) is 20.4 Å². The summed E-state index contributed by atoms with van der Waals surface area (Å²) in [5.41, 5.74) is -0.00722. The number of likely N-dealkylation sites (tertiary alicyclic amines) is 2. The molecule has 16 nitrogen and oxygen atoms in total. The average molecular weight is 1170 g/mol. The molecule has 4 saturated heterocycles. The second-order valence-corrected chi connectivity index (χ2v) is 22.7. The van der Waals surface area contributed by atoms with Crippen molar-refractivity contribution in [3.63, 3.8) is 0 Å². The number of hydrogen-bond acceptors (Lipinski definition) is 12. The Kier molecular flexibility index (Phi) is 15.0. The van der Waals surface area contributed by atoms with Gasteiger partial charge in [0.15, 0.2) is 0 Å². The number of carbonyl (C=O) groups excluding carboxylic acids is 2. The highest BCUT2D eigenvalue weighted by Crippen LogP contribution is 2.45. The van der Waals surface area contributed by atoms with Gasteiger partial charge in [0.1, 0.15) is 36.1 Å². The first-order valence-corrected chi connectivity index (χ1v) is 26.9. The van der Waals surface area contributed by atoms with Crippen LogP contribution < -0.4 is 9.80 Å². The van der Waals surface area contributed by atoms with Crippen LogP contribution in [0.25, 0.3) is 0 Å². The minimum atomic E-state index is -4.73. The molecule has 2 amide bonds. The smallest absolute Gasteiger partial charge is 0.379 e. The molecule has 6 aromatic rings. The molecule has 2 aromatic heterocycles. The van der Waals surface area contributed by atoms with Gasteiger partial charge in [0.05, 0.1) is 62.8 Å². The first-order chi connectivity index (χ1) is 39.8. The fraction of sp³-hybridized carbons (Fsp3) is 0.448. The maximum absolute atomic E-state index is 14.3. The maximum Gasteiger partial charge on any atom is 0.416 e. The number of aromatic nitrogens is 6. The van der Waals surface area contributed by atoms with E-state index in [1.165, 1.54) is 31.7 Å². The van der Waals surface area contributed by atoms with Crippen molar-refractivity contribution < 1.29 is 63.0 Å². The van der Waals surface area contributed by atoms with Crippen molar-refractivity contribution in [3.05, 3.63) is 153 Å². The van der Waals surface area contributed by atoms with Crippen molar-refractivity contribution in [1.82, 2.24) is 39.3 Å². The van der Waals surface area contributed by atoms with Crippen LogP contribution in [-0.2, 0) is 85.8 Å². The molecule has 0 bridgehead atoms. The number of carbonyl (C=O) groups is 2. The van der Waals surface area contributed by atoms with E-state index in [1.54, 1.807) is 49.1 Å². The number of nitrogens with zero attached hydrogens (tertiary/aromatic N) is 12. The Hall–Kier alpha value is -7.78. The molecule has 12 rings (SSSR count). The van der Waals surface area contributed by atoms with Crippen molar-refractivity contribution in [2.45, 2.75) is 86.9 Å². The topological polar surface area (TPSA) is 175 Å². The van der Waals surface area contributed by atoms with E-state index in [2.05, 4.69) is 20.4 Å². The molecule has 0 saturated carbocycles. The Morgan fingerprint density at radius 1 is 0.595 bits per heavy atom. The number of piperidine rings is 2. The van der Waals surface area contributed by atoms with Gasteiger partial charge in [0.25, 0.3) is 23.7 Å². The molecule has 26 heteroatoms. The van der Waals surface area contributed by atoms with E-state index >= 15 is 0 Å². The van der Waals surface area contributed by atoms with Crippen LogP contribution in [0.15, 0.2) is 85.5 Å². The second-order valence-electron chi connectivity index (χ2n) is 22.7. The largest absolute Gasteiger partial charge is 0.416 e. The Bertz CT molecular complexity index is 3380. The molecule has 6 aliphatic heterocycles.